The van der Waals surface area contributed by atoms with Crippen LogP contribution in [0.5, 0.6) is 5.75 Å². The molecule has 3 N–H and O–H groups in total. The fourth-order valence-electron chi connectivity index (χ4n) is 5.08. The average Bonchev–Trinajstić information content (AvgIpc) is 3.12. The van der Waals surface area contributed by atoms with Gasteiger partial charge in [0.25, 0.3) is 11.8 Å². The number of anilines is 2. The summed E-state index contributed by atoms with van der Waals surface area (Å²) >= 11 is 1.39. The highest BCUT2D eigenvalue weighted by Gasteiger charge is 2.24. The van der Waals surface area contributed by atoms with E-state index < -0.39 is 17.1 Å². The smallest absolute Gasteiger partial charge is 0.272 e. The van der Waals surface area contributed by atoms with Crippen molar-refractivity contribution in [3.63, 3.8) is 0 Å². The van der Waals surface area contributed by atoms with Crippen molar-refractivity contribution in [2.45, 2.75) is 30.4 Å². The number of thioether (sulfide) groups is 1. The van der Waals surface area contributed by atoms with Crippen LogP contribution < -0.4 is 20.7 Å². The van der Waals surface area contributed by atoms with Gasteiger partial charge in [0, 0.05) is 21.8 Å². The Bertz CT molecular complexity index is 1910. The van der Waals surface area contributed by atoms with Crippen molar-refractivity contribution in [2.75, 3.05) is 17.7 Å². The Hall–Kier alpha value is -5.60. The maximum atomic E-state index is 13.9. The number of amides is 3. The Labute approximate surface area is 285 Å². The van der Waals surface area contributed by atoms with Crippen LogP contribution in [0, 0.1) is 6.92 Å². The van der Waals surface area contributed by atoms with Crippen LogP contribution in [0.15, 0.2) is 138 Å². The van der Waals surface area contributed by atoms with Crippen LogP contribution in [0.3, 0.4) is 0 Å². The number of para-hydroxylation sites is 1. The van der Waals surface area contributed by atoms with Gasteiger partial charge in [0.1, 0.15) is 16.7 Å². The third-order valence-electron chi connectivity index (χ3n) is 7.63. The Morgan fingerprint density at radius 3 is 2.17 bits per heavy atom. The minimum Gasteiger partial charge on any atom is -0.497 e. The molecule has 242 valence electrons. The predicted molar refractivity (Wildman–Crippen MR) is 194 cm³/mol. The van der Waals surface area contributed by atoms with Gasteiger partial charge in [-0.05, 0) is 84.1 Å². The summed E-state index contributed by atoms with van der Waals surface area (Å²) in [4.78, 5) is 41.4. The number of aryl methyl sites for hydroxylation is 2. The molecule has 0 aliphatic carbocycles. The molecule has 8 heteroatoms. The zero-order valence-electron chi connectivity index (χ0n) is 27.0. The van der Waals surface area contributed by atoms with Gasteiger partial charge in [-0.15, -0.1) is 11.8 Å². The van der Waals surface area contributed by atoms with Gasteiger partial charge >= 0.3 is 0 Å². The van der Waals surface area contributed by atoms with Crippen LogP contribution in [0.1, 0.15) is 44.8 Å². The van der Waals surface area contributed by atoms with Crippen molar-refractivity contribution in [2.24, 2.45) is 0 Å². The van der Waals surface area contributed by atoms with Crippen molar-refractivity contribution >= 4 is 46.9 Å². The van der Waals surface area contributed by atoms with Gasteiger partial charge in [-0.25, -0.2) is 0 Å². The van der Waals surface area contributed by atoms with Gasteiger partial charge in [-0.1, -0.05) is 91.9 Å². The first-order valence-corrected chi connectivity index (χ1v) is 16.5. The predicted octanol–water partition coefficient (Wildman–Crippen LogP) is 8.45. The molecular weight excluding hydrogens is 619 g/mol. The van der Waals surface area contributed by atoms with E-state index in [2.05, 4.69) is 22.9 Å². The van der Waals surface area contributed by atoms with E-state index in [4.69, 9.17) is 4.74 Å². The lowest BCUT2D eigenvalue weighted by Crippen LogP contribution is -2.30. The van der Waals surface area contributed by atoms with E-state index in [1.165, 1.54) is 11.8 Å². The highest BCUT2D eigenvalue weighted by atomic mass is 32.2. The molecule has 0 spiro atoms. The van der Waals surface area contributed by atoms with Crippen LogP contribution in [0.25, 0.3) is 6.08 Å². The number of hydrogen-bond donors (Lipinski definition) is 3. The van der Waals surface area contributed by atoms with Crippen molar-refractivity contribution in [3.05, 3.63) is 161 Å². The molecule has 0 bridgehead atoms. The van der Waals surface area contributed by atoms with Gasteiger partial charge in [0.05, 0.1) is 7.11 Å². The number of ether oxygens (including phenoxy) is 1. The topological polar surface area (TPSA) is 96.5 Å². The molecule has 0 aliphatic heterocycles. The molecule has 0 saturated carbocycles. The first kappa shape index (κ1) is 33.8. The number of carbonyl (C=O) groups is 3. The number of carbonyl (C=O) groups excluding carboxylic acids is 3. The summed E-state index contributed by atoms with van der Waals surface area (Å²) < 4.78 is 5.25. The van der Waals surface area contributed by atoms with Crippen LogP contribution in [0.4, 0.5) is 11.4 Å². The van der Waals surface area contributed by atoms with E-state index >= 15 is 0 Å². The molecule has 7 nitrogen and oxygen atoms in total. The molecule has 5 aromatic carbocycles. The lowest BCUT2D eigenvalue weighted by atomic mass is 10.1. The average molecular weight is 656 g/mol. The van der Waals surface area contributed by atoms with Gasteiger partial charge in [0.15, 0.2) is 0 Å². The standard InChI is InChI=1S/C40H37N3O4S/c1-4-29-18-11-13-27(2)36(29)43-40(46)37(30-14-7-5-8-15-30)48-34-20-12-19-32(26-34)41-39(45)35(25-28-21-23-33(47-3)24-22-28)42-38(44)31-16-9-6-10-17-31/h5-26,37H,4H2,1-3H3,(H,41,45)(H,42,44)(H,43,46)/b35-25+. The molecule has 1 atom stereocenters. The quantitative estimate of drug-likeness (QED) is 0.0926. The number of hydrogen-bond acceptors (Lipinski definition) is 5. The summed E-state index contributed by atoms with van der Waals surface area (Å²) in [6.45, 7) is 4.06. The normalized spacial score (nSPS) is 11.7. The molecule has 0 saturated heterocycles. The lowest BCUT2D eigenvalue weighted by molar-refractivity contribution is -0.116. The molecule has 5 aromatic rings. The third kappa shape index (κ3) is 8.80. The molecule has 0 heterocycles. The fourth-order valence-corrected chi connectivity index (χ4v) is 6.17. The Kier molecular flexibility index (Phi) is 11.5. The van der Waals surface area contributed by atoms with Crippen molar-refractivity contribution in [1.29, 1.82) is 0 Å². The van der Waals surface area contributed by atoms with Gasteiger partial charge in [-0.3, -0.25) is 14.4 Å². The lowest BCUT2D eigenvalue weighted by Gasteiger charge is -2.20. The SMILES string of the molecule is CCc1cccc(C)c1NC(=O)C(Sc1cccc(NC(=O)/C(=C\c2ccc(OC)cc2)NC(=O)c2ccccc2)c1)c1ccccc1. The van der Waals surface area contributed by atoms with Gasteiger partial charge in [-0.2, -0.15) is 0 Å². The minimum atomic E-state index is -0.558. The molecular formula is C40H37N3O4S. The highest BCUT2D eigenvalue weighted by Crippen LogP contribution is 2.38. The van der Waals surface area contributed by atoms with Gasteiger partial charge in [0.2, 0.25) is 5.91 Å². The van der Waals surface area contributed by atoms with Crippen molar-refractivity contribution in [1.82, 2.24) is 5.32 Å². The second-order valence-electron chi connectivity index (χ2n) is 11.0. The van der Waals surface area contributed by atoms with Crippen LogP contribution in [-0.4, -0.2) is 24.8 Å². The molecule has 3 amide bonds. The number of benzene rings is 5. The van der Waals surface area contributed by atoms with E-state index in [-0.39, 0.29) is 11.6 Å². The summed E-state index contributed by atoms with van der Waals surface area (Å²) in [6, 6.07) is 38.8. The third-order valence-corrected chi connectivity index (χ3v) is 8.88. The maximum absolute atomic E-state index is 13.9. The summed E-state index contributed by atoms with van der Waals surface area (Å²) in [5, 5.41) is 8.33. The monoisotopic (exact) mass is 655 g/mol. The van der Waals surface area contributed by atoms with Gasteiger partial charge < -0.3 is 20.7 Å². The van der Waals surface area contributed by atoms with Crippen molar-refractivity contribution in [3.8, 4) is 5.75 Å². The minimum absolute atomic E-state index is 0.0681. The zero-order chi connectivity index (χ0) is 33.9. The largest absolute Gasteiger partial charge is 0.497 e. The second-order valence-corrected chi connectivity index (χ2v) is 12.2. The Balaban J connectivity index is 1.39. The number of nitrogens with one attached hydrogen (secondary N) is 3. The molecule has 1 unspecified atom stereocenters. The zero-order valence-corrected chi connectivity index (χ0v) is 27.8. The molecule has 48 heavy (non-hydrogen) atoms. The second kappa shape index (κ2) is 16.3. The Morgan fingerprint density at radius 2 is 1.48 bits per heavy atom. The fraction of sp³-hybridized carbons (Fsp3) is 0.125. The summed E-state index contributed by atoms with van der Waals surface area (Å²) in [7, 11) is 1.58. The summed E-state index contributed by atoms with van der Waals surface area (Å²) in [5.74, 6) is -0.376. The van der Waals surface area contributed by atoms with Crippen molar-refractivity contribution < 1.29 is 19.1 Å². The Morgan fingerprint density at radius 1 is 0.792 bits per heavy atom. The van der Waals surface area contributed by atoms with E-state index in [9.17, 15) is 14.4 Å². The summed E-state index contributed by atoms with van der Waals surface area (Å²) in [6.07, 6.45) is 2.41. The van der Waals surface area contributed by atoms with Crippen LogP contribution in [-0.2, 0) is 16.0 Å². The van der Waals surface area contributed by atoms with E-state index in [1.807, 2.05) is 79.7 Å². The van der Waals surface area contributed by atoms with Crippen LogP contribution >= 0.6 is 11.8 Å². The molecule has 5 rings (SSSR count). The first-order chi connectivity index (χ1) is 23.3. The summed E-state index contributed by atoms with van der Waals surface area (Å²) in [5.41, 5.74) is 5.47. The molecule has 0 aromatic heterocycles. The molecule has 0 aliphatic rings. The maximum Gasteiger partial charge on any atom is 0.272 e. The molecule has 0 fully saturated rings. The van der Waals surface area contributed by atoms with E-state index in [0.29, 0.717) is 22.6 Å². The number of rotatable bonds is 12. The van der Waals surface area contributed by atoms with E-state index in [0.717, 1.165) is 33.7 Å². The van der Waals surface area contributed by atoms with Crippen LogP contribution in [0.2, 0.25) is 0 Å². The van der Waals surface area contributed by atoms with E-state index in [1.54, 1.807) is 67.8 Å². The number of methoxy groups -OCH3 is 1. The first-order valence-electron chi connectivity index (χ1n) is 15.6. The highest BCUT2D eigenvalue weighted by molar-refractivity contribution is 8.00. The molecule has 0 radical (unpaired) electrons.